The second-order valence-corrected chi connectivity index (χ2v) is 5.63. The van der Waals surface area contributed by atoms with E-state index in [1.807, 2.05) is 36.4 Å². The van der Waals surface area contributed by atoms with Gasteiger partial charge in [0.05, 0.1) is 4.90 Å². The molecule has 3 nitrogen and oxygen atoms in total. The van der Waals surface area contributed by atoms with E-state index in [-0.39, 0.29) is 4.90 Å². The quantitative estimate of drug-likeness (QED) is 0.865. The summed E-state index contributed by atoms with van der Waals surface area (Å²) in [6.07, 6.45) is 0.642. The Labute approximate surface area is 107 Å². The molecule has 18 heavy (non-hydrogen) atoms. The van der Waals surface area contributed by atoms with Gasteiger partial charge < -0.3 is 0 Å². The van der Waals surface area contributed by atoms with Crippen LogP contribution in [0.2, 0.25) is 0 Å². The highest BCUT2D eigenvalue weighted by atomic mass is 32.2. The Morgan fingerprint density at radius 2 is 1.67 bits per heavy atom. The minimum Gasteiger partial charge on any atom is -0.282 e. The molecule has 0 saturated heterocycles. The first-order chi connectivity index (χ1) is 8.47. The van der Waals surface area contributed by atoms with Crippen LogP contribution in [-0.2, 0) is 16.5 Å². The Kier molecular flexibility index (Phi) is 3.50. The van der Waals surface area contributed by atoms with E-state index in [4.69, 9.17) is 4.55 Å². The second kappa shape index (κ2) is 4.92. The maximum atomic E-state index is 11.2. The molecule has 0 heterocycles. The third kappa shape index (κ3) is 2.97. The fourth-order valence-electron chi connectivity index (χ4n) is 1.86. The van der Waals surface area contributed by atoms with E-state index in [0.29, 0.717) is 12.0 Å². The lowest BCUT2D eigenvalue weighted by Gasteiger charge is -2.06. The Morgan fingerprint density at radius 3 is 2.28 bits per heavy atom. The molecule has 94 valence electrons. The average Bonchev–Trinajstić information content (AvgIpc) is 2.31. The third-order valence-corrected chi connectivity index (χ3v) is 3.78. The summed E-state index contributed by atoms with van der Waals surface area (Å²) in [5.74, 6) is 0. The molecular formula is C14H14O3S. The summed E-state index contributed by atoms with van der Waals surface area (Å²) in [5, 5.41) is 0. The molecule has 0 aromatic heterocycles. The summed E-state index contributed by atoms with van der Waals surface area (Å²) in [5.41, 5.74) is 2.51. The molecule has 0 saturated carbocycles. The average molecular weight is 262 g/mol. The molecule has 2 rings (SSSR count). The van der Waals surface area contributed by atoms with Crippen molar-refractivity contribution in [3.05, 3.63) is 65.2 Å². The smallest absolute Gasteiger partial charge is 0.282 e. The Morgan fingerprint density at radius 1 is 1.00 bits per heavy atom. The van der Waals surface area contributed by atoms with Crippen LogP contribution in [0, 0.1) is 6.92 Å². The summed E-state index contributed by atoms with van der Waals surface area (Å²) in [6.45, 7) is 1.66. The van der Waals surface area contributed by atoms with Crippen molar-refractivity contribution in [2.24, 2.45) is 0 Å². The van der Waals surface area contributed by atoms with Crippen LogP contribution in [-0.4, -0.2) is 13.0 Å². The molecule has 0 spiro atoms. The summed E-state index contributed by atoms with van der Waals surface area (Å²) in [6, 6.07) is 14.9. The molecular weight excluding hydrogens is 248 g/mol. The Bertz CT molecular complexity index is 646. The molecule has 0 unspecified atom stereocenters. The van der Waals surface area contributed by atoms with Crippen molar-refractivity contribution in [3.8, 4) is 0 Å². The monoisotopic (exact) mass is 262 g/mol. The van der Waals surface area contributed by atoms with E-state index in [0.717, 1.165) is 11.1 Å². The number of hydrogen-bond acceptors (Lipinski definition) is 2. The maximum absolute atomic E-state index is 11.2. The Balaban J connectivity index is 2.37. The molecule has 0 atom stereocenters. The highest BCUT2D eigenvalue weighted by Crippen LogP contribution is 2.18. The molecule has 0 aliphatic rings. The number of benzene rings is 2. The van der Waals surface area contributed by atoms with E-state index >= 15 is 0 Å². The lowest BCUT2D eigenvalue weighted by Crippen LogP contribution is -2.02. The molecule has 0 aliphatic heterocycles. The number of aryl methyl sites for hydroxylation is 1. The summed E-state index contributed by atoms with van der Waals surface area (Å²) >= 11 is 0. The van der Waals surface area contributed by atoms with E-state index in [1.165, 1.54) is 6.07 Å². The van der Waals surface area contributed by atoms with Gasteiger partial charge in [-0.3, -0.25) is 4.55 Å². The minimum absolute atomic E-state index is 0.0177. The fraction of sp³-hybridized carbons (Fsp3) is 0.143. The first kappa shape index (κ1) is 12.8. The minimum atomic E-state index is -4.15. The van der Waals surface area contributed by atoms with Gasteiger partial charge in [0.15, 0.2) is 0 Å². The number of hydrogen-bond donors (Lipinski definition) is 1. The van der Waals surface area contributed by atoms with Crippen molar-refractivity contribution in [3.63, 3.8) is 0 Å². The van der Waals surface area contributed by atoms with E-state index in [2.05, 4.69) is 0 Å². The summed E-state index contributed by atoms with van der Waals surface area (Å²) in [7, 11) is -4.15. The highest BCUT2D eigenvalue weighted by Gasteiger charge is 2.13. The van der Waals surface area contributed by atoms with Crippen LogP contribution in [0.1, 0.15) is 16.7 Å². The molecule has 0 aliphatic carbocycles. The van der Waals surface area contributed by atoms with Crippen molar-refractivity contribution in [2.75, 3.05) is 0 Å². The van der Waals surface area contributed by atoms with Crippen molar-refractivity contribution in [2.45, 2.75) is 18.2 Å². The molecule has 0 radical (unpaired) electrons. The standard InChI is InChI=1S/C14H14O3S/c1-11-7-8-13(10-14(11)18(15,16)17)9-12-5-3-2-4-6-12/h2-8,10H,9H2,1H3,(H,15,16,17). The van der Waals surface area contributed by atoms with Crippen LogP contribution in [0.3, 0.4) is 0 Å². The first-order valence-corrected chi connectivity index (χ1v) is 7.02. The van der Waals surface area contributed by atoms with Crippen molar-refractivity contribution < 1.29 is 13.0 Å². The van der Waals surface area contributed by atoms with Gasteiger partial charge in [-0.05, 0) is 36.1 Å². The van der Waals surface area contributed by atoms with Crippen LogP contribution >= 0.6 is 0 Å². The molecule has 2 aromatic rings. The zero-order chi connectivity index (χ0) is 13.2. The second-order valence-electron chi connectivity index (χ2n) is 4.24. The molecule has 1 N–H and O–H groups in total. The topological polar surface area (TPSA) is 54.4 Å². The highest BCUT2D eigenvalue weighted by molar-refractivity contribution is 7.85. The van der Waals surface area contributed by atoms with Gasteiger partial charge in [-0.2, -0.15) is 8.42 Å². The zero-order valence-electron chi connectivity index (χ0n) is 10.00. The molecule has 0 amide bonds. The zero-order valence-corrected chi connectivity index (χ0v) is 10.8. The van der Waals surface area contributed by atoms with Gasteiger partial charge in [-0.15, -0.1) is 0 Å². The predicted molar refractivity (Wildman–Crippen MR) is 70.2 cm³/mol. The molecule has 4 heteroatoms. The lowest BCUT2D eigenvalue weighted by atomic mass is 10.0. The number of rotatable bonds is 3. The predicted octanol–water partition coefficient (Wildman–Crippen LogP) is 2.83. The lowest BCUT2D eigenvalue weighted by molar-refractivity contribution is 0.482. The van der Waals surface area contributed by atoms with Gasteiger partial charge >= 0.3 is 0 Å². The fourth-order valence-corrected chi connectivity index (χ4v) is 2.64. The van der Waals surface area contributed by atoms with E-state index in [1.54, 1.807) is 13.0 Å². The van der Waals surface area contributed by atoms with Crippen LogP contribution in [0.15, 0.2) is 53.4 Å². The van der Waals surface area contributed by atoms with Gasteiger partial charge in [0.2, 0.25) is 0 Å². The SMILES string of the molecule is Cc1ccc(Cc2ccccc2)cc1S(=O)(=O)O. The van der Waals surface area contributed by atoms with Gasteiger partial charge in [0, 0.05) is 0 Å². The normalized spacial score (nSPS) is 11.4. The van der Waals surface area contributed by atoms with Crippen LogP contribution in [0.4, 0.5) is 0 Å². The van der Waals surface area contributed by atoms with Crippen LogP contribution in [0.5, 0.6) is 0 Å². The molecule has 2 aromatic carbocycles. The van der Waals surface area contributed by atoms with Gasteiger partial charge in [0.25, 0.3) is 10.1 Å². The molecule has 0 fully saturated rings. The Hall–Kier alpha value is -1.65. The largest absolute Gasteiger partial charge is 0.294 e. The van der Waals surface area contributed by atoms with Gasteiger partial charge in [-0.1, -0.05) is 42.5 Å². The summed E-state index contributed by atoms with van der Waals surface area (Å²) < 4.78 is 31.6. The van der Waals surface area contributed by atoms with Crippen molar-refractivity contribution in [1.82, 2.24) is 0 Å². The first-order valence-electron chi connectivity index (χ1n) is 5.58. The molecule has 0 bridgehead atoms. The van der Waals surface area contributed by atoms with Crippen molar-refractivity contribution in [1.29, 1.82) is 0 Å². The summed E-state index contributed by atoms with van der Waals surface area (Å²) in [4.78, 5) is -0.0177. The van der Waals surface area contributed by atoms with Gasteiger partial charge in [0.1, 0.15) is 0 Å². The van der Waals surface area contributed by atoms with Crippen molar-refractivity contribution >= 4 is 10.1 Å². The van der Waals surface area contributed by atoms with E-state index in [9.17, 15) is 8.42 Å². The van der Waals surface area contributed by atoms with Gasteiger partial charge in [-0.25, -0.2) is 0 Å². The van der Waals surface area contributed by atoms with E-state index < -0.39 is 10.1 Å². The third-order valence-electron chi connectivity index (χ3n) is 2.78. The van der Waals surface area contributed by atoms with Crippen LogP contribution in [0.25, 0.3) is 0 Å². The van der Waals surface area contributed by atoms with Crippen LogP contribution < -0.4 is 0 Å². The maximum Gasteiger partial charge on any atom is 0.294 e.